The number of fused-ring (bicyclic) bond motifs is 2. The van der Waals surface area contributed by atoms with Crippen molar-refractivity contribution >= 4 is 46.3 Å². The number of methoxy groups -OCH3 is 1. The lowest BCUT2D eigenvalue weighted by Gasteiger charge is -2.27. The third-order valence-electron chi connectivity index (χ3n) is 8.64. The minimum absolute atomic E-state index is 0.0308. The Morgan fingerprint density at radius 1 is 0.875 bits per heavy atom. The summed E-state index contributed by atoms with van der Waals surface area (Å²) in [4.78, 5) is 63.7. The van der Waals surface area contributed by atoms with Gasteiger partial charge in [0.15, 0.2) is 5.82 Å². The molecule has 0 saturated carbocycles. The number of carbonyl (C=O) groups is 5. The summed E-state index contributed by atoms with van der Waals surface area (Å²) in [5.74, 6) is -1.29. The first-order chi connectivity index (χ1) is 23.3. The van der Waals surface area contributed by atoms with Crippen LogP contribution in [0.15, 0.2) is 84.9 Å². The molecule has 12 nitrogen and oxygen atoms in total. The first-order valence-corrected chi connectivity index (χ1v) is 15.4. The second kappa shape index (κ2) is 12.5. The van der Waals surface area contributed by atoms with E-state index in [2.05, 4.69) is 26.1 Å². The van der Waals surface area contributed by atoms with Crippen LogP contribution in [0.4, 0.5) is 5.82 Å². The second-order valence-corrected chi connectivity index (χ2v) is 11.6. The number of imide groups is 2. The average molecular weight is 643 g/mol. The van der Waals surface area contributed by atoms with Gasteiger partial charge >= 0.3 is 0 Å². The summed E-state index contributed by atoms with van der Waals surface area (Å²) in [6, 6.07) is 24.9. The number of piperidine rings is 1. The number of aromatic amines is 1. The van der Waals surface area contributed by atoms with Crippen LogP contribution in [0.1, 0.15) is 55.0 Å². The minimum atomic E-state index is -1.07. The van der Waals surface area contributed by atoms with E-state index in [4.69, 9.17) is 4.74 Å². The van der Waals surface area contributed by atoms with Crippen LogP contribution in [-0.4, -0.2) is 57.8 Å². The van der Waals surface area contributed by atoms with Gasteiger partial charge in [-0.25, -0.2) is 0 Å². The lowest BCUT2D eigenvalue weighted by atomic mass is 10.0. The summed E-state index contributed by atoms with van der Waals surface area (Å²) < 4.78 is 5.28. The highest BCUT2D eigenvalue weighted by Gasteiger charge is 2.44. The molecular weight excluding hydrogens is 612 g/mol. The molecule has 1 aromatic heterocycles. The summed E-state index contributed by atoms with van der Waals surface area (Å²) >= 11 is 0. The largest absolute Gasteiger partial charge is 0.497 e. The molecule has 2 aliphatic heterocycles. The van der Waals surface area contributed by atoms with Gasteiger partial charge in [-0.2, -0.15) is 5.10 Å². The van der Waals surface area contributed by atoms with Crippen molar-refractivity contribution in [1.29, 1.82) is 0 Å². The number of carbonyl (C=O) groups excluding carboxylic acids is 5. The summed E-state index contributed by atoms with van der Waals surface area (Å²) in [6.07, 6.45) is 0.0908. The third kappa shape index (κ3) is 5.64. The number of nitrogens with one attached hydrogen (secondary N) is 4. The van der Waals surface area contributed by atoms with Crippen molar-refractivity contribution in [3.05, 3.63) is 113 Å². The van der Waals surface area contributed by atoms with E-state index in [1.807, 2.05) is 66.7 Å². The molecule has 5 amide bonds. The predicted molar refractivity (Wildman–Crippen MR) is 176 cm³/mol. The van der Waals surface area contributed by atoms with Crippen molar-refractivity contribution in [3.8, 4) is 16.9 Å². The highest BCUT2D eigenvalue weighted by molar-refractivity contribution is 6.24. The molecule has 1 saturated heterocycles. The van der Waals surface area contributed by atoms with Crippen molar-refractivity contribution < 1.29 is 28.7 Å². The van der Waals surface area contributed by atoms with Gasteiger partial charge in [0.2, 0.25) is 11.8 Å². The summed E-state index contributed by atoms with van der Waals surface area (Å²) in [5, 5.41) is 17.1. The number of amides is 5. The number of ether oxygens (including phenoxy) is 1. The standard InChI is InChI=1S/C36H30N6O6/c1-48-24-12-9-22(10-13-24)25-3-2-4-27-31(25)40-41-32(27)37-18-20-5-7-21(8-6-20)19-38-33(44)23-11-14-26-28(17-23)36(47)42(35(26)46)29-15-16-30(43)39-34(29)45/h2-14,17,29H,15-16,18-19H2,1H3,(H,38,44)(H2,37,40,41)(H,39,43,45). The van der Waals surface area contributed by atoms with Crippen LogP contribution < -0.4 is 20.7 Å². The number of hydrogen-bond acceptors (Lipinski definition) is 8. The van der Waals surface area contributed by atoms with Gasteiger partial charge in [-0.1, -0.05) is 48.5 Å². The number of benzene rings is 4. The molecule has 0 bridgehead atoms. The van der Waals surface area contributed by atoms with Gasteiger partial charge < -0.3 is 15.4 Å². The molecule has 0 aliphatic carbocycles. The smallest absolute Gasteiger partial charge is 0.262 e. The molecule has 1 fully saturated rings. The fraction of sp³-hybridized carbons (Fsp3) is 0.167. The molecule has 1 unspecified atom stereocenters. The zero-order valence-corrected chi connectivity index (χ0v) is 25.8. The predicted octanol–water partition coefficient (Wildman–Crippen LogP) is 4.18. The molecular formula is C36H30N6O6. The lowest BCUT2D eigenvalue weighted by molar-refractivity contribution is -0.136. The van der Waals surface area contributed by atoms with Crippen LogP contribution in [0.25, 0.3) is 22.0 Å². The van der Waals surface area contributed by atoms with Crippen molar-refractivity contribution in [2.75, 3.05) is 12.4 Å². The second-order valence-electron chi connectivity index (χ2n) is 11.6. The molecule has 3 heterocycles. The van der Waals surface area contributed by atoms with Crippen LogP contribution in [0.2, 0.25) is 0 Å². The molecule has 0 radical (unpaired) electrons. The molecule has 1 atom stereocenters. The van der Waals surface area contributed by atoms with Crippen molar-refractivity contribution in [2.24, 2.45) is 0 Å². The average Bonchev–Trinajstić information content (AvgIpc) is 3.64. The number of anilines is 1. The van der Waals surface area contributed by atoms with Crippen LogP contribution >= 0.6 is 0 Å². The van der Waals surface area contributed by atoms with Crippen LogP contribution in [0.3, 0.4) is 0 Å². The summed E-state index contributed by atoms with van der Waals surface area (Å²) in [5.41, 5.74) is 5.30. The number of rotatable bonds is 9. The number of hydrogen-bond donors (Lipinski definition) is 4. The molecule has 0 spiro atoms. The Hall–Kier alpha value is -6.30. The third-order valence-corrected chi connectivity index (χ3v) is 8.64. The van der Waals surface area contributed by atoms with Gasteiger partial charge in [-0.15, -0.1) is 0 Å². The first-order valence-electron chi connectivity index (χ1n) is 15.4. The Balaban J connectivity index is 0.960. The Morgan fingerprint density at radius 3 is 2.33 bits per heavy atom. The van der Waals surface area contributed by atoms with Crippen molar-refractivity contribution in [2.45, 2.75) is 32.0 Å². The molecule has 48 heavy (non-hydrogen) atoms. The van der Waals surface area contributed by atoms with Gasteiger partial charge in [0, 0.05) is 36.0 Å². The van der Waals surface area contributed by atoms with Gasteiger partial charge in [0.1, 0.15) is 11.8 Å². The van der Waals surface area contributed by atoms with E-state index in [-0.39, 0.29) is 36.1 Å². The SMILES string of the molecule is COc1ccc(-c2cccc3c(NCc4ccc(CNC(=O)c5ccc6c(c5)C(=O)N(C5CCC(=O)NC5=O)C6=O)cc4)n[nH]c23)cc1. The Morgan fingerprint density at radius 2 is 1.60 bits per heavy atom. The Labute approximate surface area is 274 Å². The van der Waals surface area contributed by atoms with Crippen molar-refractivity contribution in [1.82, 2.24) is 25.7 Å². The lowest BCUT2D eigenvalue weighted by Crippen LogP contribution is -2.54. The van der Waals surface area contributed by atoms with E-state index in [1.54, 1.807) is 7.11 Å². The zero-order valence-electron chi connectivity index (χ0n) is 25.8. The van der Waals surface area contributed by atoms with Crippen LogP contribution in [0, 0.1) is 0 Å². The van der Waals surface area contributed by atoms with E-state index in [0.29, 0.717) is 6.54 Å². The topological polar surface area (TPSA) is 163 Å². The maximum absolute atomic E-state index is 13.1. The number of aromatic nitrogens is 2. The quantitative estimate of drug-likeness (QED) is 0.174. The molecule has 4 N–H and O–H groups in total. The fourth-order valence-corrected chi connectivity index (χ4v) is 6.05. The van der Waals surface area contributed by atoms with E-state index >= 15 is 0 Å². The van der Waals surface area contributed by atoms with Crippen LogP contribution in [0.5, 0.6) is 5.75 Å². The summed E-state index contributed by atoms with van der Waals surface area (Å²) in [7, 11) is 1.64. The van der Waals surface area contributed by atoms with E-state index in [0.717, 1.165) is 49.6 Å². The fourth-order valence-electron chi connectivity index (χ4n) is 6.05. The van der Waals surface area contributed by atoms with Crippen LogP contribution in [-0.2, 0) is 22.7 Å². The minimum Gasteiger partial charge on any atom is -0.497 e. The highest BCUT2D eigenvalue weighted by atomic mass is 16.5. The van der Waals surface area contributed by atoms with Gasteiger partial charge in [0.05, 0.1) is 23.8 Å². The van der Waals surface area contributed by atoms with Gasteiger partial charge in [0.25, 0.3) is 17.7 Å². The van der Waals surface area contributed by atoms with E-state index < -0.39 is 35.6 Å². The number of H-pyrrole nitrogens is 1. The normalized spacial score (nSPS) is 15.8. The van der Waals surface area contributed by atoms with Gasteiger partial charge in [-0.3, -0.25) is 39.3 Å². The van der Waals surface area contributed by atoms with Gasteiger partial charge in [-0.05, 0) is 59.5 Å². The number of para-hydroxylation sites is 1. The molecule has 5 aromatic rings. The zero-order chi connectivity index (χ0) is 33.4. The van der Waals surface area contributed by atoms with Crippen molar-refractivity contribution in [3.63, 3.8) is 0 Å². The summed E-state index contributed by atoms with van der Waals surface area (Å²) in [6.45, 7) is 0.786. The highest BCUT2D eigenvalue weighted by Crippen LogP contribution is 2.32. The van der Waals surface area contributed by atoms with E-state index in [1.165, 1.54) is 18.2 Å². The monoisotopic (exact) mass is 642 g/mol. The molecule has 7 rings (SSSR count). The Bertz CT molecular complexity index is 2100. The van der Waals surface area contributed by atoms with E-state index in [9.17, 15) is 24.0 Å². The molecule has 240 valence electrons. The first kappa shape index (κ1) is 30.4. The maximum atomic E-state index is 13.1. The maximum Gasteiger partial charge on any atom is 0.262 e. The molecule has 4 aromatic carbocycles. The number of nitrogens with zero attached hydrogens (tertiary/aromatic N) is 2. The Kier molecular flexibility index (Phi) is 7.89. The molecule has 12 heteroatoms. The molecule has 2 aliphatic rings.